The van der Waals surface area contributed by atoms with Crippen LogP contribution in [0.5, 0.6) is 0 Å². The van der Waals surface area contributed by atoms with Gasteiger partial charge in [-0.25, -0.2) is 4.39 Å². The predicted molar refractivity (Wildman–Crippen MR) is 108 cm³/mol. The van der Waals surface area contributed by atoms with Gasteiger partial charge in [0.2, 0.25) is 5.91 Å². The van der Waals surface area contributed by atoms with E-state index in [1.165, 1.54) is 50.0 Å². The normalized spacial score (nSPS) is 15.4. The van der Waals surface area contributed by atoms with E-state index in [2.05, 4.69) is 17.3 Å². The molecule has 1 fully saturated rings. The van der Waals surface area contributed by atoms with Crippen LogP contribution in [-0.4, -0.2) is 36.9 Å². The molecule has 2 aromatic carbocycles. The second-order valence-electron chi connectivity index (χ2n) is 7.50. The highest BCUT2D eigenvalue weighted by molar-refractivity contribution is 6.05. The topological polar surface area (TPSA) is 75.4 Å². The minimum absolute atomic E-state index is 0.0306. The van der Waals surface area contributed by atoms with Crippen LogP contribution in [0.4, 0.5) is 10.1 Å². The molecule has 0 aromatic heterocycles. The van der Waals surface area contributed by atoms with Gasteiger partial charge in [0.25, 0.3) is 5.91 Å². The summed E-state index contributed by atoms with van der Waals surface area (Å²) in [5, 5.41) is 2.68. The fourth-order valence-electron chi connectivity index (χ4n) is 3.53. The number of hydrogen-bond acceptors (Lipinski definition) is 3. The van der Waals surface area contributed by atoms with Crippen molar-refractivity contribution in [1.82, 2.24) is 4.90 Å². The lowest BCUT2D eigenvalue weighted by Gasteiger charge is -2.28. The summed E-state index contributed by atoms with van der Waals surface area (Å²) >= 11 is 0. The number of likely N-dealkylation sites (tertiary alicyclic amines) is 1. The van der Waals surface area contributed by atoms with Crippen molar-refractivity contribution in [2.24, 2.45) is 11.7 Å². The van der Waals surface area contributed by atoms with Crippen molar-refractivity contribution in [3.63, 3.8) is 0 Å². The smallest absolute Gasteiger partial charge is 0.258 e. The second-order valence-corrected chi connectivity index (χ2v) is 7.50. The number of primary amides is 1. The number of aryl methyl sites for hydroxylation is 1. The number of halogens is 1. The van der Waals surface area contributed by atoms with Crippen molar-refractivity contribution < 1.29 is 14.0 Å². The number of nitrogens with zero attached hydrogens (tertiary/aromatic N) is 1. The van der Waals surface area contributed by atoms with Gasteiger partial charge in [0.15, 0.2) is 0 Å². The molecule has 0 radical (unpaired) electrons. The van der Waals surface area contributed by atoms with Gasteiger partial charge >= 0.3 is 0 Å². The van der Waals surface area contributed by atoms with Crippen molar-refractivity contribution in [3.05, 3.63) is 65.0 Å². The summed E-state index contributed by atoms with van der Waals surface area (Å²) in [6.45, 7) is 2.35. The van der Waals surface area contributed by atoms with Crippen LogP contribution in [-0.2, 0) is 6.42 Å². The summed E-state index contributed by atoms with van der Waals surface area (Å²) < 4.78 is 14.1. The van der Waals surface area contributed by atoms with Crippen LogP contribution >= 0.6 is 0 Å². The van der Waals surface area contributed by atoms with Crippen LogP contribution in [0.25, 0.3) is 0 Å². The zero-order valence-electron chi connectivity index (χ0n) is 16.1. The summed E-state index contributed by atoms with van der Waals surface area (Å²) in [4.78, 5) is 25.7. The van der Waals surface area contributed by atoms with Gasteiger partial charge in [-0.1, -0.05) is 12.1 Å². The fourth-order valence-corrected chi connectivity index (χ4v) is 3.53. The molecular formula is C22H26FN3O2. The van der Waals surface area contributed by atoms with E-state index in [-0.39, 0.29) is 11.1 Å². The Morgan fingerprint density at radius 3 is 2.43 bits per heavy atom. The Morgan fingerprint density at radius 1 is 1.14 bits per heavy atom. The van der Waals surface area contributed by atoms with Crippen LogP contribution in [0.15, 0.2) is 42.5 Å². The summed E-state index contributed by atoms with van der Waals surface area (Å²) in [6.07, 6.45) is 4.71. The van der Waals surface area contributed by atoms with Crippen LogP contribution in [0.2, 0.25) is 0 Å². The van der Waals surface area contributed by atoms with Crippen molar-refractivity contribution >= 4 is 17.5 Å². The standard InChI is InChI=1S/C22H26FN3O2/c1-26-12-10-16(11-13-26)3-2-15-4-7-18(8-5-15)25-22(28)19-9-6-17(21(24)27)14-20(19)23/h4-9,14,16H,2-3,10-13H2,1H3,(H2,24,27)(H,25,28). The molecule has 0 unspecified atom stereocenters. The van der Waals surface area contributed by atoms with Gasteiger partial charge in [-0.2, -0.15) is 0 Å². The zero-order valence-corrected chi connectivity index (χ0v) is 16.1. The lowest BCUT2D eigenvalue weighted by atomic mass is 9.91. The lowest BCUT2D eigenvalue weighted by molar-refractivity contribution is 0.0993. The predicted octanol–water partition coefficient (Wildman–Crippen LogP) is 3.45. The Kier molecular flexibility index (Phi) is 6.41. The first-order chi connectivity index (χ1) is 13.4. The Labute approximate surface area is 164 Å². The molecule has 3 N–H and O–H groups in total. The lowest BCUT2D eigenvalue weighted by Crippen LogP contribution is -2.30. The first kappa shape index (κ1) is 20.0. The average Bonchev–Trinajstić information content (AvgIpc) is 2.68. The maximum atomic E-state index is 14.1. The Hall–Kier alpha value is -2.73. The third-order valence-electron chi connectivity index (χ3n) is 5.39. The molecule has 1 aliphatic rings. The van der Waals surface area contributed by atoms with Gasteiger partial charge < -0.3 is 16.0 Å². The quantitative estimate of drug-likeness (QED) is 0.802. The number of rotatable bonds is 6. The molecule has 28 heavy (non-hydrogen) atoms. The summed E-state index contributed by atoms with van der Waals surface area (Å²) in [7, 11) is 2.17. The molecule has 1 heterocycles. The number of carbonyl (C=O) groups excluding carboxylic acids is 2. The van der Waals surface area contributed by atoms with E-state index in [4.69, 9.17) is 5.73 Å². The van der Waals surface area contributed by atoms with Gasteiger partial charge in [-0.15, -0.1) is 0 Å². The Balaban J connectivity index is 1.55. The van der Waals surface area contributed by atoms with Gasteiger partial charge in [0.1, 0.15) is 5.82 Å². The highest BCUT2D eigenvalue weighted by Gasteiger charge is 2.17. The molecule has 0 aliphatic carbocycles. The molecular weight excluding hydrogens is 357 g/mol. The van der Waals surface area contributed by atoms with E-state index < -0.39 is 17.6 Å². The highest BCUT2D eigenvalue weighted by atomic mass is 19.1. The third kappa shape index (κ3) is 5.16. The van der Waals surface area contributed by atoms with Crippen molar-refractivity contribution in [1.29, 1.82) is 0 Å². The van der Waals surface area contributed by atoms with Gasteiger partial charge in [-0.3, -0.25) is 9.59 Å². The number of benzene rings is 2. The largest absolute Gasteiger partial charge is 0.366 e. The van der Waals surface area contributed by atoms with Crippen LogP contribution in [0.3, 0.4) is 0 Å². The highest BCUT2D eigenvalue weighted by Crippen LogP contribution is 2.22. The Bertz CT molecular complexity index is 843. The van der Waals surface area contributed by atoms with Crippen LogP contribution in [0, 0.1) is 11.7 Å². The molecule has 0 spiro atoms. The third-order valence-corrected chi connectivity index (χ3v) is 5.39. The monoisotopic (exact) mass is 383 g/mol. The minimum Gasteiger partial charge on any atom is -0.366 e. The molecule has 2 aromatic rings. The molecule has 1 saturated heterocycles. The maximum absolute atomic E-state index is 14.1. The van der Waals surface area contributed by atoms with E-state index in [0.717, 1.165) is 18.4 Å². The molecule has 0 bridgehead atoms. The number of amides is 2. The zero-order chi connectivity index (χ0) is 20.1. The first-order valence-electron chi connectivity index (χ1n) is 9.60. The van der Waals surface area contributed by atoms with Crippen molar-refractivity contribution in [3.8, 4) is 0 Å². The van der Waals surface area contributed by atoms with Gasteiger partial charge in [0, 0.05) is 11.3 Å². The van der Waals surface area contributed by atoms with Crippen LogP contribution < -0.4 is 11.1 Å². The van der Waals surface area contributed by atoms with E-state index in [1.807, 2.05) is 24.3 Å². The maximum Gasteiger partial charge on any atom is 0.258 e. The number of hydrogen-bond donors (Lipinski definition) is 2. The summed E-state index contributed by atoms with van der Waals surface area (Å²) in [5.41, 5.74) is 6.85. The molecule has 0 atom stereocenters. The average molecular weight is 383 g/mol. The van der Waals surface area contributed by atoms with E-state index >= 15 is 0 Å². The SMILES string of the molecule is CN1CCC(CCc2ccc(NC(=O)c3ccc(C(N)=O)cc3F)cc2)CC1. The molecule has 1 aliphatic heterocycles. The van der Waals surface area contributed by atoms with Crippen molar-refractivity contribution in [2.75, 3.05) is 25.5 Å². The van der Waals surface area contributed by atoms with Gasteiger partial charge in [0.05, 0.1) is 5.56 Å². The number of anilines is 1. The molecule has 6 heteroatoms. The summed E-state index contributed by atoms with van der Waals surface area (Å²) in [5.74, 6) is -1.29. The molecule has 148 valence electrons. The number of carbonyl (C=O) groups is 2. The van der Waals surface area contributed by atoms with E-state index in [0.29, 0.717) is 5.69 Å². The fraction of sp³-hybridized carbons (Fsp3) is 0.364. The molecule has 5 nitrogen and oxygen atoms in total. The number of piperidine rings is 1. The molecule has 3 rings (SSSR count). The van der Waals surface area contributed by atoms with E-state index in [1.54, 1.807) is 0 Å². The van der Waals surface area contributed by atoms with E-state index in [9.17, 15) is 14.0 Å². The number of nitrogens with two attached hydrogens (primary N) is 1. The Morgan fingerprint density at radius 2 is 1.82 bits per heavy atom. The second kappa shape index (κ2) is 8.97. The molecule has 0 saturated carbocycles. The van der Waals surface area contributed by atoms with Gasteiger partial charge in [-0.05, 0) is 87.6 Å². The summed E-state index contributed by atoms with van der Waals surface area (Å²) in [6, 6.07) is 11.2. The van der Waals surface area contributed by atoms with Crippen molar-refractivity contribution in [2.45, 2.75) is 25.7 Å². The number of nitrogens with one attached hydrogen (secondary N) is 1. The van der Waals surface area contributed by atoms with Crippen LogP contribution in [0.1, 0.15) is 45.5 Å². The first-order valence-corrected chi connectivity index (χ1v) is 9.60. The minimum atomic E-state index is -0.774. The molecule has 2 amide bonds.